The number of furan rings is 1. The molecule has 2 heterocycles. The molecule has 0 radical (unpaired) electrons. The van der Waals surface area contributed by atoms with Crippen LogP contribution in [0.15, 0.2) is 64.6 Å². The predicted octanol–water partition coefficient (Wildman–Crippen LogP) is 4.67. The zero-order valence-electron chi connectivity index (χ0n) is 17.9. The van der Waals surface area contributed by atoms with Gasteiger partial charge in [0.25, 0.3) is 11.7 Å². The Morgan fingerprint density at radius 2 is 1.81 bits per heavy atom. The van der Waals surface area contributed by atoms with Crippen molar-refractivity contribution in [2.24, 2.45) is 0 Å². The molecule has 164 valence electrons. The van der Waals surface area contributed by atoms with Crippen molar-refractivity contribution in [3.63, 3.8) is 0 Å². The van der Waals surface area contributed by atoms with Gasteiger partial charge in [0.05, 0.1) is 12.7 Å². The third-order valence-corrected chi connectivity index (χ3v) is 5.53. The first-order chi connectivity index (χ1) is 15.3. The molecular formula is C25H22FNO5. The number of carbonyl (C=O) groups excluding carboxylic acids is 2. The van der Waals surface area contributed by atoms with Gasteiger partial charge in [-0.05, 0) is 67.4 Å². The highest BCUT2D eigenvalue weighted by atomic mass is 19.1. The molecule has 1 N–H and O–H groups in total. The number of benzene rings is 2. The molecule has 1 amide bonds. The fraction of sp³-hybridized carbons (Fsp3) is 0.200. The lowest BCUT2D eigenvalue weighted by Crippen LogP contribution is -2.29. The smallest absolute Gasteiger partial charge is 0.296 e. The third-order valence-electron chi connectivity index (χ3n) is 5.53. The summed E-state index contributed by atoms with van der Waals surface area (Å²) in [4.78, 5) is 27.4. The van der Waals surface area contributed by atoms with E-state index in [0.717, 1.165) is 0 Å². The number of methoxy groups -OCH3 is 1. The summed E-state index contributed by atoms with van der Waals surface area (Å²) in [6.07, 6.45) is 0. The zero-order chi connectivity index (χ0) is 23.0. The molecule has 0 aliphatic carbocycles. The Hall–Kier alpha value is -3.87. The minimum atomic E-state index is -0.921. The van der Waals surface area contributed by atoms with Crippen molar-refractivity contribution in [2.45, 2.75) is 26.4 Å². The van der Waals surface area contributed by atoms with E-state index in [9.17, 15) is 19.1 Å². The number of nitrogens with zero attached hydrogens (tertiary/aromatic N) is 1. The van der Waals surface area contributed by atoms with Crippen molar-refractivity contribution in [2.75, 3.05) is 7.11 Å². The molecule has 1 atom stereocenters. The van der Waals surface area contributed by atoms with E-state index in [2.05, 4.69) is 0 Å². The van der Waals surface area contributed by atoms with E-state index < -0.39 is 23.5 Å². The summed E-state index contributed by atoms with van der Waals surface area (Å²) in [5, 5.41) is 11.2. The summed E-state index contributed by atoms with van der Waals surface area (Å²) in [5.74, 6) is -0.688. The van der Waals surface area contributed by atoms with Gasteiger partial charge in [-0.2, -0.15) is 0 Å². The van der Waals surface area contributed by atoms with Crippen LogP contribution in [-0.4, -0.2) is 28.8 Å². The second-order valence-electron chi connectivity index (χ2n) is 7.68. The van der Waals surface area contributed by atoms with Crippen LogP contribution >= 0.6 is 0 Å². The highest BCUT2D eigenvalue weighted by Gasteiger charge is 2.47. The van der Waals surface area contributed by atoms with Crippen LogP contribution in [-0.2, 0) is 16.1 Å². The second-order valence-corrected chi connectivity index (χ2v) is 7.68. The minimum absolute atomic E-state index is 0.0492. The quantitative estimate of drug-likeness (QED) is 0.358. The average Bonchev–Trinajstić information content (AvgIpc) is 3.31. The van der Waals surface area contributed by atoms with Gasteiger partial charge in [0.15, 0.2) is 0 Å². The highest BCUT2D eigenvalue weighted by molar-refractivity contribution is 6.46. The number of ketones is 1. The van der Waals surface area contributed by atoms with Crippen LogP contribution in [0.3, 0.4) is 0 Å². The molecule has 7 heteroatoms. The summed E-state index contributed by atoms with van der Waals surface area (Å²) < 4.78 is 24.3. The Morgan fingerprint density at radius 1 is 1.09 bits per heavy atom. The van der Waals surface area contributed by atoms with Crippen LogP contribution in [0.1, 0.15) is 34.3 Å². The maximum atomic E-state index is 13.3. The summed E-state index contributed by atoms with van der Waals surface area (Å²) in [6, 6.07) is 13.2. The van der Waals surface area contributed by atoms with E-state index in [4.69, 9.17) is 9.15 Å². The number of hydrogen-bond acceptors (Lipinski definition) is 5. The van der Waals surface area contributed by atoms with E-state index in [0.29, 0.717) is 34.0 Å². The standard InChI is InChI=1S/C25H22FNO5/c1-14-12-18(31-3)9-10-19(14)23(28)21-22(20-11-4-15(2)32-20)27(25(30)24(21)29)13-16-5-7-17(26)8-6-16/h4-12,22,28H,13H2,1-3H3/b23-21-. The largest absolute Gasteiger partial charge is 0.507 e. The normalized spacial score (nSPS) is 17.8. The van der Waals surface area contributed by atoms with Gasteiger partial charge >= 0.3 is 0 Å². The summed E-state index contributed by atoms with van der Waals surface area (Å²) >= 11 is 0. The van der Waals surface area contributed by atoms with Crippen LogP contribution < -0.4 is 4.74 Å². The number of aliphatic hydroxyl groups is 1. The molecule has 1 saturated heterocycles. The van der Waals surface area contributed by atoms with Crippen LogP contribution in [0.5, 0.6) is 5.75 Å². The third kappa shape index (κ3) is 3.77. The van der Waals surface area contributed by atoms with Gasteiger partial charge in [0.2, 0.25) is 0 Å². The molecular weight excluding hydrogens is 413 g/mol. The van der Waals surface area contributed by atoms with Crippen LogP contribution in [0.4, 0.5) is 4.39 Å². The van der Waals surface area contributed by atoms with Gasteiger partial charge in [0.1, 0.15) is 34.9 Å². The first kappa shape index (κ1) is 21.4. The number of Topliss-reactive ketones (excluding diaryl/α,β-unsaturated/α-hetero) is 1. The molecule has 0 saturated carbocycles. The fourth-order valence-corrected chi connectivity index (χ4v) is 3.90. The summed E-state index contributed by atoms with van der Waals surface area (Å²) in [6.45, 7) is 3.58. The molecule has 0 spiro atoms. The average molecular weight is 435 g/mol. The number of carbonyl (C=O) groups is 2. The molecule has 3 aromatic rings. The van der Waals surface area contributed by atoms with Gasteiger partial charge in [-0.1, -0.05) is 12.1 Å². The summed E-state index contributed by atoms with van der Waals surface area (Å²) in [7, 11) is 1.54. The van der Waals surface area contributed by atoms with E-state index in [1.807, 2.05) is 0 Å². The molecule has 32 heavy (non-hydrogen) atoms. The maximum Gasteiger partial charge on any atom is 0.296 e. The molecule has 1 unspecified atom stereocenters. The Balaban J connectivity index is 1.85. The van der Waals surface area contributed by atoms with Gasteiger partial charge < -0.3 is 19.2 Å². The molecule has 2 aromatic carbocycles. The molecule has 1 aliphatic heterocycles. The van der Waals surface area contributed by atoms with E-state index >= 15 is 0 Å². The Morgan fingerprint density at radius 3 is 2.41 bits per heavy atom. The molecule has 1 aliphatic rings. The first-order valence-electron chi connectivity index (χ1n) is 10.0. The van der Waals surface area contributed by atoms with Crippen molar-refractivity contribution < 1.29 is 28.2 Å². The number of ether oxygens (including phenoxy) is 1. The van der Waals surface area contributed by atoms with Gasteiger partial charge in [0, 0.05) is 12.1 Å². The van der Waals surface area contributed by atoms with E-state index in [1.54, 1.807) is 56.3 Å². The van der Waals surface area contributed by atoms with Crippen LogP contribution in [0.25, 0.3) is 5.76 Å². The van der Waals surface area contributed by atoms with Gasteiger partial charge in [-0.25, -0.2) is 4.39 Å². The molecule has 6 nitrogen and oxygen atoms in total. The van der Waals surface area contributed by atoms with Crippen molar-refractivity contribution in [3.05, 3.63) is 94.2 Å². The molecule has 1 fully saturated rings. The van der Waals surface area contributed by atoms with Crippen molar-refractivity contribution >= 4 is 17.4 Å². The van der Waals surface area contributed by atoms with Crippen molar-refractivity contribution in [1.82, 2.24) is 4.90 Å². The molecule has 0 bridgehead atoms. The highest BCUT2D eigenvalue weighted by Crippen LogP contribution is 2.41. The lowest BCUT2D eigenvalue weighted by Gasteiger charge is -2.23. The Labute approximate surface area is 184 Å². The monoisotopic (exact) mass is 435 g/mol. The number of aryl methyl sites for hydroxylation is 2. The minimum Gasteiger partial charge on any atom is -0.507 e. The molecule has 4 rings (SSSR count). The Kier molecular flexibility index (Phi) is 5.57. The van der Waals surface area contributed by atoms with Gasteiger partial charge in [-0.15, -0.1) is 0 Å². The lowest BCUT2D eigenvalue weighted by molar-refractivity contribution is -0.140. The maximum absolute atomic E-state index is 13.3. The fourth-order valence-electron chi connectivity index (χ4n) is 3.90. The molecule has 1 aromatic heterocycles. The zero-order valence-corrected chi connectivity index (χ0v) is 17.9. The SMILES string of the molecule is COc1ccc(/C(O)=C2/C(=O)C(=O)N(Cc3ccc(F)cc3)C2c2ccc(C)o2)c(C)c1. The van der Waals surface area contributed by atoms with Gasteiger partial charge in [-0.3, -0.25) is 9.59 Å². The van der Waals surface area contributed by atoms with Crippen LogP contribution in [0.2, 0.25) is 0 Å². The number of halogens is 1. The number of amides is 1. The van der Waals surface area contributed by atoms with E-state index in [1.165, 1.54) is 24.1 Å². The van der Waals surface area contributed by atoms with Crippen LogP contribution in [0, 0.1) is 19.7 Å². The summed E-state index contributed by atoms with van der Waals surface area (Å²) in [5.41, 5.74) is 1.68. The van der Waals surface area contributed by atoms with Crippen molar-refractivity contribution in [3.8, 4) is 5.75 Å². The predicted molar refractivity (Wildman–Crippen MR) is 115 cm³/mol. The number of hydrogen-bond donors (Lipinski definition) is 1. The number of likely N-dealkylation sites (tertiary alicyclic amines) is 1. The van der Waals surface area contributed by atoms with E-state index in [-0.39, 0.29) is 17.9 Å². The lowest BCUT2D eigenvalue weighted by atomic mass is 9.97. The number of rotatable bonds is 5. The van der Waals surface area contributed by atoms with Crippen molar-refractivity contribution in [1.29, 1.82) is 0 Å². The second kappa shape index (κ2) is 8.34. The Bertz CT molecular complexity index is 1230. The number of aliphatic hydroxyl groups excluding tert-OH is 1. The first-order valence-corrected chi connectivity index (χ1v) is 10.0. The topological polar surface area (TPSA) is 80.0 Å².